The molecule has 1 aliphatic carbocycles. The average molecular weight is 478 g/mol. The number of carbonyl (C=O) groups excluding carboxylic acids is 3. The van der Waals surface area contributed by atoms with E-state index in [1.807, 2.05) is 46.8 Å². The van der Waals surface area contributed by atoms with Crippen LogP contribution in [-0.4, -0.2) is 59.0 Å². The van der Waals surface area contributed by atoms with Crippen LogP contribution in [0.15, 0.2) is 12.2 Å². The van der Waals surface area contributed by atoms with Gasteiger partial charge in [0.05, 0.1) is 24.5 Å². The van der Waals surface area contributed by atoms with Crippen LogP contribution in [0.4, 0.5) is 0 Å². The van der Waals surface area contributed by atoms with Gasteiger partial charge in [0.2, 0.25) is 17.7 Å². The fraction of sp³-hybridized carbons (Fsp3) is 0.815. The van der Waals surface area contributed by atoms with Crippen molar-refractivity contribution in [2.75, 3.05) is 13.7 Å². The maximum Gasteiger partial charge on any atom is 0.243 e. The first kappa shape index (κ1) is 28.3. The first-order chi connectivity index (χ1) is 15.7. The third-order valence-corrected chi connectivity index (χ3v) is 7.62. The van der Waals surface area contributed by atoms with Gasteiger partial charge in [-0.25, -0.2) is 0 Å². The molecule has 3 amide bonds. The SMILES string of the molecule is CC[C@H](C)[C@H](CO)N1C(=O)[C@@H]2[C@H](C=C[C@@H](CC)[C@H]2C(=O)NC)[C@H]1C(=O)NC(C)(C)CC(C)(C)C. The highest BCUT2D eigenvalue weighted by atomic mass is 16.3. The van der Waals surface area contributed by atoms with E-state index in [2.05, 4.69) is 31.4 Å². The van der Waals surface area contributed by atoms with E-state index >= 15 is 0 Å². The number of hydrogen-bond donors (Lipinski definition) is 3. The second kappa shape index (κ2) is 10.8. The van der Waals surface area contributed by atoms with Gasteiger partial charge in [-0.15, -0.1) is 0 Å². The highest BCUT2D eigenvalue weighted by Crippen LogP contribution is 2.46. The lowest BCUT2D eigenvalue weighted by atomic mass is 9.68. The first-order valence-electron chi connectivity index (χ1n) is 12.9. The predicted molar refractivity (Wildman–Crippen MR) is 135 cm³/mol. The molecular formula is C27H47N3O4. The normalized spacial score (nSPS) is 28.9. The van der Waals surface area contributed by atoms with Crippen molar-refractivity contribution in [3.63, 3.8) is 0 Å². The zero-order valence-electron chi connectivity index (χ0n) is 22.6. The van der Waals surface area contributed by atoms with Gasteiger partial charge in [-0.2, -0.15) is 0 Å². The molecule has 7 atom stereocenters. The standard InChI is InChI=1S/C27H47N3O4/c1-10-16(3)19(14-31)30-22(24(33)29-27(7,8)15-26(4,5)6)18-13-12-17(11-2)20(23(32)28-9)21(18)25(30)34/h12-13,16-22,31H,10-11,14-15H2,1-9H3,(H,28,32)(H,29,33)/t16-,17+,18-,19-,20+,21+,22-/m0/s1. The maximum absolute atomic E-state index is 14.0. The van der Waals surface area contributed by atoms with Crippen LogP contribution in [0.25, 0.3) is 0 Å². The van der Waals surface area contributed by atoms with Crippen molar-refractivity contribution in [2.45, 2.75) is 92.3 Å². The van der Waals surface area contributed by atoms with Crippen LogP contribution in [0.1, 0.15) is 74.7 Å². The Balaban J connectivity index is 2.56. The quantitative estimate of drug-likeness (QED) is 0.444. The van der Waals surface area contributed by atoms with E-state index in [-0.39, 0.29) is 41.6 Å². The van der Waals surface area contributed by atoms with Crippen molar-refractivity contribution in [3.05, 3.63) is 12.2 Å². The Hall–Kier alpha value is -1.89. The third-order valence-electron chi connectivity index (χ3n) is 7.62. The number of aliphatic hydroxyl groups excluding tert-OH is 1. The highest BCUT2D eigenvalue weighted by Gasteiger charge is 2.59. The van der Waals surface area contributed by atoms with Crippen LogP contribution in [0.3, 0.4) is 0 Å². The van der Waals surface area contributed by atoms with Crippen LogP contribution in [-0.2, 0) is 14.4 Å². The number of nitrogens with one attached hydrogen (secondary N) is 2. The topological polar surface area (TPSA) is 98.7 Å². The molecule has 0 bridgehead atoms. The molecule has 0 spiro atoms. The largest absolute Gasteiger partial charge is 0.394 e. The van der Waals surface area contributed by atoms with Crippen LogP contribution in [0, 0.1) is 35.0 Å². The Bertz CT molecular complexity index is 785. The summed E-state index contributed by atoms with van der Waals surface area (Å²) in [5.74, 6) is -2.20. The van der Waals surface area contributed by atoms with Crippen molar-refractivity contribution in [2.24, 2.45) is 35.0 Å². The molecule has 34 heavy (non-hydrogen) atoms. The van der Waals surface area contributed by atoms with Gasteiger partial charge >= 0.3 is 0 Å². The fourth-order valence-corrected chi connectivity index (χ4v) is 6.31. The summed E-state index contributed by atoms with van der Waals surface area (Å²) in [6, 6.07) is -1.24. The number of amides is 3. The number of aliphatic hydroxyl groups is 1. The number of fused-ring (bicyclic) bond motifs is 1. The summed E-state index contributed by atoms with van der Waals surface area (Å²) in [6.45, 7) is 16.2. The van der Waals surface area contributed by atoms with Crippen molar-refractivity contribution < 1.29 is 19.5 Å². The van der Waals surface area contributed by atoms with E-state index in [0.717, 1.165) is 19.3 Å². The van der Waals surface area contributed by atoms with Crippen LogP contribution >= 0.6 is 0 Å². The average Bonchev–Trinajstić information content (AvgIpc) is 3.03. The Morgan fingerprint density at radius 2 is 1.74 bits per heavy atom. The minimum absolute atomic E-state index is 0.0105. The summed E-state index contributed by atoms with van der Waals surface area (Å²) in [6.07, 6.45) is 6.25. The number of likely N-dealkylation sites (tertiary alicyclic amines) is 1. The molecule has 2 aliphatic rings. The third kappa shape index (κ3) is 5.84. The molecule has 1 aliphatic heterocycles. The van der Waals surface area contributed by atoms with E-state index in [1.54, 1.807) is 11.9 Å². The Morgan fingerprint density at radius 1 is 1.12 bits per heavy atom. The number of rotatable bonds is 9. The van der Waals surface area contributed by atoms with Crippen LogP contribution in [0.2, 0.25) is 0 Å². The molecule has 0 aromatic carbocycles. The van der Waals surface area contributed by atoms with Gasteiger partial charge in [0.15, 0.2) is 0 Å². The summed E-state index contributed by atoms with van der Waals surface area (Å²) in [5.41, 5.74) is -0.462. The molecule has 7 nitrogen and oxygen atoms in total. The minimum Gasteiger partial charge on any atom is -0.394 e. The molecular weight excluding hydrogens is 430 g/mol. The molecule has 1 heterocycles. The van der Waals surface area contributed by atoms with E-state index in [1.165, 1.54) is 0 Å². The number of allylic oxidation sites excluding steroid dienone is 1. The first-order valence-corrected chi connectivity index (χ1v) is 12.9. The van der Waals surface area contributed by atoms with E-state index < -0.39 is 35.4 Å². The monoisotopic (exact) mass is 477 g/mol. The molecule has 1 fully saturated rings. The fourth-order valence-electron chi connectivity index (χ4n) is 6.31. The van der Waals surface area contributed by atoms with Crippen molar-refractivity contribution >= 4 is 17.7 Å². The summed E-state index contributed by atoms with van der Waals surface area (Å²) >= 11 is 0. The zero-order chi connectivity index (χ0) is 26.0. The van der Waals surface area contributed by atoms with Gasteiger partial charge < -0.3 is 20.6 Å². The number of nitrogens with zero attached hydrogens (tertiary/aromatic N) is 1. The second-order valence-corrected chi connectivity index (χ2v) is 12.1. The van der Waals surface area contributed by atoms with Gasteiger partial charge in [-0.3, -0.25) is 14.4 Å². The Morgan fingerprint density at radius 3 is 2.21 bits per heavy atom. The minimum atomic E-state index is -0.760. The van der Waals surface area contributed by atoms with Crippen molar-refractivity contribution in [3.8, 4) is 0 Å². The molecule has 7 heteroatoms. The lowest BCUT2D eigenvalue weighted by molar-refractivity contribution is -0.144. The van der Waals surface area contributed by atoms with Crippen LogP contribution in [0.5, 0.6) is 0 Å². The van der Waals surface area contributed by atoms with E-state index in [9.17, 15) is 19.5 Å². The maximum atomic E-state index is 14.0. The molecule has 0 saturated carbocycles. The molecule has 194 valence electrons. The molecule has 2 rings (SSSR count). The van der Waals surface area contributed by atoms with Crippen molar-refractivity contribution in [1.82, 2.24) is 15.5 Å². The van der Waals surface area contributed by atoms with Gasteiger partial charge in [-0.1, -0.05) is 60.1 Å². The summed E-state index contributed by atoms with van der Waals surface area (Å²) in [7, 11) is 1.59. The molecule has 1 saturated heterocycles. The van der Waals surface area contributed by atoms with Gasteiger partial charge in [-0.05, 0) is 43.9 Å². The van der Waals surface area contributed by atoms with Crippen LogP contribution < -0.4 is 10.6 Å². The zero-order valence-corrected chi connectivity index (χ0v) is 22.6. The molecule has 0 aromatic heterocycles. The molecule has 0 aromatic rings. The van der Waals surface area contributed by atoms with Gasteiger partial charge in [0, 0.05) is 18.5 Å². The predicted octanol–water partition coefficient (Wildman–Crippen LogP) is 3.13. The molecule has 0 radical (unpaired) electrons. The summed E-state index contributed by atoms with van der Waals surface area (Å²) < 4.78 is 0. The molecule has 3 N–H and O–H groups in total. The number of carbonyl (C=O) groups is 3. The lowest BCUT2D eigenvalue weighted by Gasteiger charge is -2.39. The lowest BCUT2D eigenvalue weighted by Crippen LogP contribution is -2.58. The highest BCUT2D eigenvalue weighted by molar-refractivity contribution is 5.97. The van der Waals surface area contributed by atoms with E-state index in [4.69, 9.17) is 0 Å². The smallest absolute Gasteiger partial charge is 0.243 e. The van der Waals surface area contributed by atoms with Crippen molar-refractivity contribution in [1.29, 1.82) is 0 Å². The Kier molecular flexibility index (Phi) is 9.00. The summed E-state index contributed by atoms with van der Waals surface area (Å²) in [4.78, 5) is 42.4. The summed E-state index contributed by atoms with van der Waals surface area (Å²) in [5, 5.41) is 16.3. The number of hydrogen-bond acceptors (Lipinski definition) is 4. The molecule has 0 unspecified atom stereocenters. The second-order valence-electron chi connectivity index (χ2n) is 12.1. The van der Waals surface area contributed by atoms with E-state index in [0.29, 0.717) is 0 Å². The Labute approximate surface area is 206 Å². The van der Waals surface area contributed by atoms with Gasteiger partial charge in [0.25, 0.3) is 0 Å². The van der Waals surface area contributed by atoms with Gasteiger partial charge in [0.1, 0.15) is 6.04 Å².